The number of benzene rings is 3. The molecule has 55 heavy (non-hydrogen) atoms. The summed E-state index contributed by atoms with van der Waals surface area (Å²) in [6.07, 6.45) is 3.10. The van der Waals surface area contributed by atoms with Crippen molar-refractivity contribution in [3.63, 3.8) is 0 Å². The van der Waals surface area contributed by atoms with Crippen molar-refractivity contribution >= 4 is 33.0 Å². The van der Waals surface area contributed by atoms with Gasteiger partial charge in [-0.3, -0.25) is 4.79 Å². The maximum Gasteiger partial charge on any atom is 0.308 e. The molecule has 1 fully saturated rings. The number of carbonyl (C=O) groups is 1. The Balaban J connectivity index is 1.56. The van der Waals surface area contributed by atoms with Gasteiger partial charge in [0.25, 0.3) is 8.32 Å². The molecule has 1 heterocycles. The van der Waals surface area contributed by atoms with Crippen molar-refractivity contribution in [3.05, 3.63) is 103 Å². The van der Waals surface area contributed by atoms with Gasteiger partial charge in [0.15, 0.2) is 8.32 Å². The zero-order valence-electron chi connectivity index (χ0n) is 35.3. The number of methoxy groups -OCH3 is 1. The highest BCUT2D eigenvalue weighted by Gasteiger charge is 2.50. The van der Waals surface area contributed by atoms with E-state index in [9.17, 15) is 4.79 Å². The predicted octanol–water partition coefficient (Wildman–Crippen LogP) is 9.77. The maximum atomic E-state index is 12.8. The maximum absolute atomic E-state index is 12.8. The van der Waals surface area contributed by atoms with Gasteiger partial charge in [0.1, 0.15) is 5.75 Å². The summed E-state index contributed by atoms with van der Waals surface area (Å²) in [6.45, 7) is 25.7. The number of carbonyl (C=O) groups excluding carboxylic acids is 1. The van der Waals surface area contributed by atoms with Crippen molar-refractivity contribution < 1.29 is 32.6 Å². The minimum atomic E-state index is -2.72. The van der Waals surface area contributed by atoms with Crippen molar-refractivity contribution in [1.82, 2.24) is 0 Å². The normalized spacial score (nSPS) is 18.1. The largest absolute Gasteiger partial charge is 0.497 e. The van der Waals surface area contributed by atoms with Crippen LogP contribution in [-0.2, 0) is 34.5 Å². The molecule has 302 valence electrons. The van der Waals surface area contributed by atoms with E-state index in [0.717, 1.165) is 29.7 Å². The summed E-state index contributed by atoms with van der Waals surface area (Å²) in [4.78, 5) is 12.8. The minimum Gasteiger partial charge on any atom is -0.497 e. The summed E-state index contributed by atoms with van der Waals surface area (Å²) >= 11 is 0. The van der Waals surface area contributed by atoms with Crippen molar-refractivity contribution in [2.45, 2.75) is 141 Å². The second kappa shape index (κ2) is 19.9. The monoisotopic (exact) mass is 788 g/mol. The van der Waals surface area contributed by atoms with Crippen LogP contribution in [0, 0.1) is 0 Å². The average molecular weight is 789 g/mol. The Bertz CT molecular complexity index is 1570. The molecule has 0 amide bonds. The summed E-state index contributed by atoms with van der Waals surface area (Å²) in [6, 6.07) is 29.6. The lowest BCUT2D eigenvalue weighted by Gasteiger charge is -2.43. The number of hydrogen-bond acceptors (Lipinski definition) is 7. The molecular weight excluding hydrogens is 721 g/mol. The van der Waals surface area contributed by atoms with Gasteiger partial charge < -0.3 is 27.8 Å². The molecule has 3 aromatic carbocycles. The van der Waals surface area contributed by atoms with Crippen LogP contribution in [0.25, 0.3) is 0 Å². The first kappa shape index (κ1) is 44.7. The molecule has 1 aliphatic heterocycles. The van der Waals surface area contributed by atoms with E-state index in [1.165, 1.54) is 10.4 Å². The first-order valence-corrected chi connectivity index (χ1v) is 24.9. The topological polar surface area (TPSA) is 72.5 Å². The van der Waals surface area contributed by atoms with Crippen LogP contribution in [-0.4, -0.2) is 67.3 Å². The van der Waals surface area contributed by atoms with Crippen LogP contribution in [0.2, 0.25) is 23.2 Å². The Morgan fingerprint density at radius 2 is 1.36 bits per heavy atom. The summed E-state index contributed by atoms with van der Waals surface area (Å²) < 4.78 is 38.6. The van der Waals surface area contributed by atoms with Gasteiger partial charge in [0.05, 0.1) is 51.2 Å². The van der Waals surface area contributed by atoms with E-state index in [1.807, 2.05) is 19.1 Å². The molecule has 0 N–H and O–H groups in total. The average Bonchev–Trinajstić information content (AvgIpc) is 3.12. The van der Waals surface area contributed by atoms with E-state index in [1.54, 1.807) is 7.11 Å². The summed E-state index contributed by atoms with van der Waals surface area (Å²) in [5, 5.41) is 2.40. The van der Waals surface area contributed by atoms with Gasteiger partial charge >= 0.3 is 5.97 Å². The van der Waals surface area contributed by atoms with Gasteiger partial charge in [-0.25, -0.2) is 0 Å². The minimum absolute atomic E-state index is 0.00440. The standard InChI is InChI=1S/C46H68O7Si2/c1-12-49-44(47)33-41(53-54(10,11)45(3,4)5)32-40-30-35(2)29-39(52-40)31-38(50-34-36-23-25-37(48-9)26-24-36)27-28-51-55(46(6,7)8,42-19-15-13-16-20-42)43-21-17-14-18-22-43/h13-26,38-41H,2,12,27-34H2,1,3-11H3/t38-,39?,40?,41+/m0/s1. The van der Waals surface area contributed by atoms with Gasteiger partial charge in [-0.15, -0.1) is 0 Å². The molecule has 9 heteroatoms. The SMILES string of the molecule is C=C1CC(C[C@H](CCO[Si](c2ccccc2)(c2ccccc2)C(C)(C)C)OCc2ccc(OC)cc2)OC(C[C@H](CC(=O)OCC)O[Si](C)(C)C(C)(C)C)C1. The van der Waals surface area contributed by atoms with Gasteiger partial charge in [0.2, 0.25) is 0 Å². The third-order valence-electron chi connectivity index (χ3n) is 11.3. The summed E-state index contributed by atoms with van der Waals surface area (Å²) in [5.41, 5.74) is 2.23. The van der Waals surface area contributed by atoms with Crippen LogP contribution in [0.5, 0.6) is 5.75 Å². The first-order chi connectivity index (χ1) is 26.0. The zero-order chi connectivity index (χ0) is 40.3. The molecule has 2 unspecified atom stereocenters. The van der Waals surface area contributed by atoms with E-state index in [4.69, 9.17) is 27.8 Å². The fourth-order valence-electron chi connectivity index (χ4n) is 7.44. The van der Waals surface area contributed by atoms with Crippen LogP contribution in [0.4, 0.5) is 0 Å². The molecule has 0 radical (unpaired) electrons. The lowest BCUT2D eigenvalue weighted by atomic mass is 9.92. The van der Waals surface area contributed by atoms with Gasteiger partial charge in [0, 0.05) is 13.0 Å². The molecule has 0 bridgehead atoms. The smallest absolute Gasteiger partial charge is 0.308 e. The number of hydrogen-bond donors (Lipinski definition) is 0. The highest BCUT2D eigenvalue weighted by molar-refractivity contribution is 6.99. The molecule has 1 aliphatic rings. The van der Waals surface area contributed by atoms with Crippen LogP contribution < -0.4 is 15.1 Å². The van der Waals surface area contributed by atoms with Crippen LogP contribution in [0.3, 0.4) is 0 Å². The van der Waals surface area contributed by atoms with E-state index >= 15 is 0 Å². The lowest BCUT2D eigenvalue weighted by Crippen LogP contribution is -2.66. The Labute approximate surface area is 334 Å². The highest BCUT2D eigenvalue weighted by Crippen LogP contribution is 2.40. The highest BCUT2D eigenvalue weighted by atomic mass is 28.4. The summed E-state index contributed by atoms with van der Waals surface area (Å²) in [5.74, 6) is 0.586. The number of ether oxygens (including phenoxy) is 4. The van der Waals surface area contributed by atoms with Gasteiger partial charge in [-0.05, 0) is 83.8 Å². The third kappa shape index (κ3) is 12.5. The third-order valence-corrected chi connectivity index (χ3v) is 20.8. The molecule has 0 saturated carbocycles. The van der Waals surface area contributed by atoms with E-state index in [-0.39, 0.29) is 46.9 Å². The summed E-state index contributed by atoms with van der Waals surface area (Å²) in [7, 11) is -3.21. The first-order valence-electron chi connectivity index (χ1n) is 20.1. The molecule has 7 nitrogen and oxygen atoms in total. The Morgan fingerprint density at radius 3 is 1.85 bits per heavy atom. The molecule has 3 aromatic rings. The van der Waals surface area contributed by atoms with Crippen LogP contribution >= 0.6 is 0 Å². The molecule has 4 rings (SSSR count). The van der Waals surface area contributed by atoms with E-state index < -0.39 is 16.6 Å². The molecule has 4 atom stereocenters. The Morgan fingerprint density at radius 1 is 0.818 bits per heavy atom. The zero-order valence-corrected chi connectivity index (χ0v) is 37.3. The van der Waals surface area contributed by atoms with Crippen molar-refractivity contribution in [1.29, 1.82) is 0 Å². The fraction of sp³-hybridized carbons (Fsp3) is 0.543. The van der Waals surface area contributed by atoms with Crippen molar-refractivity contribution in [2.24, 2.45) is 0 Å². The van der Waals surface area contributed by atoms with Crippen LogP contribution in [0.15, 0.2) is 97.1 Å². The number of rotatable bonds is 19. The molecule has 0 aromatic heterocycles. The van der Waals surface area contributed by atoms with Crippen molar-refractivity contribution in [2.75, 3.05) is 20.3 Å². The van der Waals surface area contributed by atoms with Gasteiger partial charge in [-0.2, -0.15) is 0 Å². The second-order valence-corrected chi connectivity index (χ2v) is 26.7. The molecular formula is C46H68O7Si2. The molecule has 0 spiro atoms. The Kier molecular flexibility index (Phi) is 16.1. The quantitative estimate of drug-likeness (QED) is 0.0681. The lowest BCUT2D eigenvalue weighted by molar-refractivity contribution is -0.146. The fourth-order valence-corrected chi connectivity index (χ4v) is 13.4. The number of esters is 1. The van der Waals surface area contributed by atoms with Crippen LogP contribution in [0.1, 0.15) is 92.6 Å². The van der Waals surface area contributed by atoms with E-state index in [2.05, 4.69) is 134 Å². The predicted molar refractivity (Wildman–Crippen MR) is 229 cm³/mol. The molecule has 1 saturated heterocycles. The van der Waals surface area contributed by atoms with E-state index in [0.29, 0.717) is 39.1 Å². The van der Waals surface area contributed by atoms with Crippen molar-refractivity contribution in [3.8, 4) is 5.75 Å². The van der Waals surface area contributed by atoms with Gasteiger partial charge in [-0.1, -0.05) is 126 Å². The Hall–Kier alpha value is -3.06. The second-order valence-electron chi connectivity index (χ2n) is 17.6. The molecule has 0 aliphatic carbocycles.